The number of hydrogen-bond donors (Lipinski definition) is 0. The van der Waals surface area contributed by atoms with Gasteiger partial charge in [0.1, 0.15) is 19.5 Å². The molecule has 2 aromatic rings. The van der Waals surface area contributed by atoms with Crippen LogP contribution in [0, 0.1) is 0 Å². The van der Waals surface area contributed by atoms with E-state index in [1.165, 1.54) is 23.2 Å². The van der Waals surface area contributed by atoms with Gasteiger partial charge in [0.05, 0.1) is 10.2 Å². The summed E-state index contributed by atoms with van der Waals surface area (Å²) in [5, 5.41) is 0. The number of thiazole rings is 1. The Morgan fingerprint density at radius 3 is 2.91 bits per heavy atom. The van der Waals surface area contributed by atoms with E-state index in [9.17, 15) is 4.79 Å². The number of rotatable bonds is 4. The van der Waals surface area contributed by atoms with Crippen molar-refractivity contribution in [2.45, 2.75) is 33.2 Å². The Hall–Kier alpha value is -2.08. The third-order valence-electron chi connectivity index (χ3n) is 3.66. The van der Waals surface area contributed by atoms with Crippen molar-refractivity contribution in [3.8, 4) is 0 Å². The van der Waals surface area contributed by atoms with Crippen molar-refractivity contribution in [3.63, 3.8) is 0 Å². The molecule has 1 aliphatic rings. The first-order valence-corrected chi connectivity index (χ1v) is 8.70. The van der Waals surface area contributed by atoms with Gasteiger partial charge in [-0.3, -0.25) is 4.79 Å². The van der Waals surface area contributed by atoms with E-state index in [4.69, 9.17) is 9.47 Å². The van der Waals surface area contributed by atoms with Crippen LogP contribution in [-0.2, 0) is 27.2 Å². The first kappa shape index (κ1) is 15.8. The van der Waals surface area contributed by atoms with E-state index in [-0.39, 0.29) is 5.76 Å². The average molecular weight is 332 g/mol. The molecule has 0 bridgehead atoms. The third-order valence-corrected chi connectivity index (χ3v) is 4.70. The Morgan fingerprint density at radius 1 is 1.35 bits per heavy atom. The van der Waals surface area contributed by atoms with Gasteiger partial charge < -0.3 is 14.0 Å². The van der Waals surface area contributed by atoms with Gasteiger partial charge in [-0.1, -0.05) is 31.3 Å². The summed E-state index contributed by atoms with van der Waals surface area (Å²) in [4.78, 5) is 17.2. The predicted octanol–water partition coefficient (Wildman–Crippen LogP) is 2.99. The van der Waals surface area contributed by atoms with E-state index in [1.807, 2.05) is 0 Å². The quantitative estimate of drug-likeness (QED) is 0.865. The molecule has 0 spiro atoms. The van der Waals surface area contributed by atoms with E-state index >= 15 is 0 Å². The van der Waals surface area contributed by atoms with Crippen molar-refractivity contribution in [1.29, 1.82) is 0 Å². The Labute approximate surface area is 138 Å². The Kier molecular flexibility index (Phi) is 4.81. The normalized spacial score (nSPS) is 15.2. The second-order valence-corrected chi connectivity index (χ2v) is 6.32. The number of carbonyl (C=O) groups is 1. The summed E-state index contributed by atoms with van der Waals surface area (Å²) < 4.78 is 13.7. The van der Waals surface area contributed by atoms with Crippen LogP contribution in [-0.4, -0.2) is 23.7 Å². The van der Waals surface area contributed by atoms with Gasteiger partial charge in [0.25, 0.3) is 0 Å². The highest BCUT2D eigenvalue weighted by molar-refractivity contribution is 7.16. The zero-order chi connectivity index (χ0) is 16.2. The summed E-state index contributed by atoms with van der Waals surface area (Å²) in [6.07, 6.45) is 3.32. The molecule has 1 aliphatic heterocycles. The SMILES string of the molecule is CCCn1c(=NC(=O)C2=COCCO2)sc2cc(CC)ccc21. The van der Waals surface area contributed by atoms with E-state index in [1.54, 1.807) is 0 Å². The zero-order valence-corrected chi connectivity index (χ0v) is 14.2. The van der Waals surface area contributed by atoms with Crippen LogP contribution in [0.3, 0.4) is 0 Å². The van der Waals surface area contributed by atoms with Crippen molar-refractivity contribution in [3.05, 3.63) is 40.6 Å². The lowest BCUT2D eigenvalue weighted by Gasteiger charge is -2.12. The van der Waals surface area contributed by atoms with Crippen LogP contribution in [0.4, 0.5) is 0 Å². The number of amides is 1. The van der Waals surface area contributed by atoms with Crippen LogP contribution in [0.2, 0.25) is 0 Å². The van der Waals surface area contributed by atoms with E-state index in [2.05, 4.69) is 41.6 Å². The first-order chi connectivity index (χ1) is 11.2. The second kappa shape index (κ2) is 7.00. The summed E-state index contributed by atoms with van der Waals surface area (Å²) in [7, 11) is 0. The zero-order valence-electron chi connectivity index (χ0n) is 13.4. The van der Waals surface area contributed by atoms with Crippen LogP contribution < -0.4 is 4.80 Å². The highest BCUT2D eigenvalue weighted by Gasteiger charge is 2.15. The van der Waals surface area contributed by atoms with Crippen molar-refractivity contribution in [2.75, 3.05) is 13.2 Å². The van der Waals surface area contributed by atoms with Gasteiger partial charge in [-0.2, -0.15) is 4.99 Å². The fraction of sp³-hybridized carbons (Fsp3) is 0.412. The first-order valence-electron chi connectivity index (χ1n) is 7.88. The lowest BCUT2D eigenvalue weighted by atomic mass is 10.2. The molecule has 122 valence electrons. The minimum atomic E-state index is -0.392. The number of aryl methyl sites for hydroxylation is 2. The molecule has 1 aromatic heterocycles. The molecule has 5 nitrogen and oxygen atoms in total. The Bertz CT molecular complexity index is 817. The standard InChI is InChI=1S/C17H20N2O3S/c1-3-7-19-13-6-5-12(4-2)10-15(13)23-17(19)18-16(20)14-11-21-8-9-22-14/h5-6,10-11H,3-4,7-9H2,1-2H3. The van der Waals surface area contributed by atoms with Crippen LogP contribution >= 0.6 is 11.3 Å². The minimum Gasteiger partial charge on any atom is -0.494 e. The molecule has 0 unspecified atom stereocenters. The second-order valence-electron chi connectivity index (χ2n) is 5.31. The number of aromatic nitrogens is 1. The highest BCUT2D eigenvalue weighted by atomic mass is 32.1. The van der Waals surface area contributed by atoms with Crippen molar-refractivity contribution >= 4 is 27.5 Å². The van der Waals surface area contributed by atoms with E-state index < -0.39 is 5.91 Å². The number of nitrogens with zero attached hydrogens (tertiary/aromatic N) is 2. The smallest absolute Gasteiger partial charge is 0.317 e. The maximum atomic E-state index is 12.3. The summed E-state index contributed by atoms with van der Waals surface area (Å²) in [5.41, 5.74) is 2.40. The van der Waals surface area contributed by atoms with Crippen molar-refractivity contribution < 1.29 is 14.3 Å². The monoisotopic (exact) mass is 332 g/mol. The lowest BCUT2D eigenvalue weighted by molar-refractivity contribution is -0.119. The predicted molar refractivity (Wildman–Crippen MR) is 90.0 cm³/mol. The number of ether oxygens (including phenoxy) is 2. The number of benzene rings is 1. The molecule has 2 heterocycles. The number of fused-ring (bicyclic) bond motifs is 1. The molecule has 0 saturated carbocycles. The highest BCUT2D eigenvalue weighted by Crippen LogP contribution is 2.20. The van der Waals surface area contributed by atoms with Gasteiger partial charge >= 0.3 is 5.91 Å². The van der Waals surface area contributed by atoms with Gasteiger partial charge in [0.15, 0.2) is 4.80 Å². The molecule has 1 aromatic carbocycles. The number of carbonyl (C=O) groups excluding carboxylic acids is 1. The number of hydrogen-bond acceptors (Lipinski definition) is 4. The lowest BCUT2D eigenvalue weighted by Crippen LogP contribution is -2.20. The van der Waals surface area contributed by atoms with Gasteiger partial charge in [0.2, 0.25) is 5.76 Å². The van der Waals surface area contributed by atoms with Gasteiger partial charge in [-0.05, 0) is 30.5 Å². The largest absolute Gasteiger partial charge is 0.494 e. The molecule has 0 atom stereocenters. The molecule has 0 radical (unpaired) electrons. The van der Waals surface area contributed by atoms with Crippen molar-refractivity contribution in [1.82, 2.24) is 4.57 Å². The summed E-state index contributed by atoms with van der Waals surface area (Å²) >= 11 is 1.54. The van der Waals surface area contributed by atoms with Crippen LogP contribution in [0.25, 0.3) is 10.2 Å². The van der Waals surface area contributed by atoms with Crippen LogP contribution in [0.5, 0.6) is 0 Å². The molecule has 23 heavy (non-hydrogen) atoms. The Balaban J connectivity index is 2.07. The van der Waals surface area contributed by atoms with Crippen molar-refractivity contribution in [2.24, 2.45) is 4.99 Å². The molecule has 1 amide bonds. The maximum absolute atomic E-state index is 12.3. The molecular formula is C17H20N2O3S. The fourth-order valence-electron chi connectivity index (χ4n) is 2.49. The molecule has 0 fully saturated rings. The van der Waals surface area contributed by atoms with E-state index in [0.29, 0.717) is 18.0 Å². The molecule has 0 N–H and O–H groups in total. The summed E-state index contributed by atoms with van der Waals surface area (Å²) in [6.45, 7) is 5.93. The third kappa shape index (κ3) is 3.32. The van der Waals surface area contributed by atoms with Crippen LogP contribution in [0.1, 0.15) is 25.8 Å². The van der Waals surface area contributed by atoms with Gasteiger partial charge in [-0.15, -0.1) is 0 Å². The Morgan fingerprint density at radius 2 is 2.22 bits per heavy atom. The fourth-order valence-corrected chi connectivity index (χ4v) is 3.60. The topological polar surface area (TPSA) is 52.8 Å². The molecule has 0 saturated heterocycles. The summed E-state index contributed by atoms with van der Waals surface area (Å²) in [5.74, 6) is -0.220. The van der Waals surface area contributed by atoms with Gasteiger partial charge in [-0.25, -0.2) is 0 Å². The average Bonchev–Trinajstić information content (AvgIpc) is 2.92. The molecular weight excluding hydrogens is 312 g/mol. The van der Waals surface area contributed by atoms with E-state index in [0.717, 1.165) is 29.6 Å². The molecule has 0 aliphatic carbocycles. The molecule has 3 rings (SSSR count). The maximum Gasteiger partial charge on any atom is 0.317 e. The minimum absolute atomic E-state index is 0.172. The van der Waals surface area contributed by atoms with Crippen LogP contribution in [0.15, 0.2) is 35.2 Å². The molecule has 6 heteroatoms. The van der Waals surface area contributed by atoms with Gasteiger partial charge in [0, 0.05) is 6.54 Å². The summed E-state index contributed by atoms with van der Waals surface area (Å²) in [6, 6.07) is 6.42.